The van der Waals surface area contributed by atoms with Crippen LogP contribution < -0.4 is 5.32 Å². The fraction of sp³-hybridized carbons (Fsp3) is 0.892. The molecule has 6 nitrogen and oxygen atoms in total. The normalized spacial score (nSPS) is 12.7. The third kappa shape index (κ3) is 65.2. The van der Waals surface area contributed by atoms with Crippen LogP contribution in [0.1, 0.15) is 399 Å². The Balaban J connectivity index is 3.37. The number of unbranched alkanes of at least 4 members (excludes halogenated alkanes) is 53. The quantitative estimate of drug-likeness (QED) is 0.0320. The smallest absolute Gasteiger partial charge is 0.305 e. The average Bonchev–Trinajstić information content (AvgIpc) is 3.46. The SMILES string of the molecule is CCCCCCCCCCCCCC/C=C/C(O)C(CO)NC(=O)CCCCCCCCCCCCCCCCCCC/C=C\C/C=C\CCCCCCCCCCCCCOC(=O)CCCCCCCCCCCCCCCC. The number of rotatable bonds is 68. The molecule has 0 aromatic carbocycles. The maximum absolute atomic E-state index is 12.5. The summed E-state index contributed by atoms with van der Waals surface area (Å²) < 4.78 is 5.49. The van der Waals surface area contributed by atoms with E-state index < -0.39 is 12.1 Å². The van der Waals surface area contributed by atoms with Gasteiger partial charge in [-0.05, 0) is 64.2 Å². The zero-order valence-corrected chi connectivity index (χ0v) is 54.1. The van der Waals surface area contributed by atoms with Crippen molar-refractivity contribution < 1.29 is 24.5 Å². The standard InChI is InChI=1S/C74H141NO5/c1-3-5-7-9-11-13-15-17-42-46-50-54-58-62-66-72(77)71(70-76)75-73(78)67-63-59-55-51-47-43-40-38-36-34-32-30-28-26-24-22-20-19-21-23-25-27-29-31-33-35-37-39-41-45-49-53-57-61-65-69-80-74(79)68-64-60-56-52-48-44-18-16-14-12-10-8-6-4-2/h21,23,27,29,62,66,71-72,76-77H,3-20,22,24-26,28,30-61,63-65,67-70H2,1-2H3,(H,75,78)/b23-21-,29-27-,66-62+. The molecule has 80 heavy (non-hydrogen) atoms. The Hall–Kier alpha value is -1.92. The highest BCUT2D eigenvalue weighted by Gasteiger charge is 2.18. The van der Waals surface area contributed by atoms with E-state index in [1.807, 2.05) is 6.08 Å². The Morgan fingerprint density at radius 2 is 0.625 bits per heavy atom. The van der Waals surface area contributed by atoms with Crippen LogP contribution in [0.2, 0.25) is 0 Å². The average molecular weight is 1120 g/mol. The Kier molecular flexibility index (Phi) is 67.9. The Bertz CT molecular complexity index is 1300. The number of aliphatic hydroxyl groups excluding tert-OH is 2. The lowest BCUT2D eigenvalue weighted by molar-refractivity contribution is -0.143. The minimum Gasteiger partial charge on any atom is -0.466 e. The van der Waals surface area contributed by atoms with E-state index in [9.17, 15) is 19.8 Å². The van der Waals surface area contributed by atoms with E-state index in [0.717, 1.165) is 44.9 Å². The Labute approximate surface area is 500 Å². The number of nitrogens with one attached hydrogen (secondary N) is 1. The molecule has 0 fully saturated rings. The van der Waals surface area contributed by atoms with Crippen LogP contribution in [-0.2, 0) is 14.3 Å². The van der Waals surface area contributed by atoms with Crippen LogP contribution >= 0.6 is 0 Å². The molecule has 0 radical (unpaired) electrons. The molecule has 6 heteroatoms. The second kappa shape index (κ2) is 69.6. The van der Waals surface area contributed by atoms with Gasteiger partial charge in [0.05, 0.1) is 25.4 Å². The molecule has 0 saturated heterocycles. The summed E-state index contributed by atoms with van der Waals surface area (Å²) in [6.07, 6.45) is 89.6. The highest BCUT2D eigenvalue weighted by molar-refractivity contribution is 5.76. The molecule has 0 rings (SSSR count). The van der Waals surface area contributed by atoms with Crippen LogP contribution in [0.3, 0.4) is 0 Å². The molecule has 0 heterocycles. The highest BCUT2D eigenvalue weighted by Crippen LogP contribution is 2.19. The molecular weight excluding hydrogens is 983 g/mol. The molecule has 0 bridgehead atoms. The molecule has 3 N–H and O–H groups in total. The molecule has 0 aliphatic heterocycles. The van der Waals surface area contributed by atoms with Crippen molar-refractivity contribution in [1.29, 1.82) is 0 Å². The number of carbonyl (C=O) groups excluding carboxylic acids is 2. The molecule has 2 atom stereocenters. The summed E-state index contributed by atoms with van der Waals surface area (Å²) in [5.41, 5.74) is 0. The van der Waals surface area contributed by atoms with Crippen molar-refractivity contribution in [2.45, 2.75) is 411 Å². The second-order valence-corrected chi connectivity index (χ2v) is 24.9. The van der Waals surface area contributed by atoms with Crippen molar-refractivity contribution in [2.75, 3.05) is 13.2 Å². The van der Waals surface area contributed by atoms with Crippen LogP contribution in [-0.4, -0.2) is 47.4 Å². The minimum atomic E-state index is -0.842. The zero-order chi connectivity index (χ0) is 57.8. The van der Waals surface area contributed by atoms with Crippen LogP contribution in [0.4, 0.5) is 0 Å². The third-order valence-corrected chi connectivity index (χ3v) is 16.9. The number of hydrogen-bond acceptors (Lipinski definition) is 5. The Morgan fingerprint density at radius 1 is 0.350 bits per heavy atom. The first-order chi connectivity index (χ1) is 39.5. The van der Waals surface area contributed by atoms with Crippen LogP contribution in [0, 0.1) is 0 Å². The van der Waals surface area contributed by atoms with E-state index in [1.165, 1.54) is 327 Å². The number of aliphatic hydroxyl groups is 2. The number of ether oxygens (including phenoxy) is 1. The van der Waals surface area contributed by atoms with Gasteiger partial charge >= 0.3 is 5.97 Å². The monoisotopic (exact) mass is 1120 g/mol. The topological polar surface area (TPSA) is 95.9 Å². The molecule has 0 aromatic heterocycles. The first kappa shape index (κ1) is 78.1. The first-order valence-electron chi connectivity index (χ1n) is 36.3. The summed E-state index contributed by atoms with van der Waals surface area (Å²) in [4.78, 5) is 24.5. The van der Waals surface area contributed by atoms with Crippen molar-refractivity contribution >= 4 is 11.9 Å². The van der Waals surface area contributed by atoms with Gasteiger partial charge in [-0.1, -0.05) is 359 Å². The van der Waals surface area contributed by atoms with Crippen molar-refractivity contribution in [1.82, 2.24) is 5.32 Å². The van der Waals surface area contributed by atoms with Crippen LogP contribution in [0.25, 0.3) is 0 Å². The van der Waals surface area contributed by atoms with E-state index in [1.54, 1.807) is 6.08 Å². The van der Waals surface area contributed by atoms with E-state index in [0.29, 0.717) is 19.4 Å². The molecule has 0 aliphatic carbocycles. The minimum absolute atomic E-state index is 0.0192. The summed E-state index contributed by atoms with van der Waals surface area (Å²) in [5.74, 6) is -0.0446. The van der Waals surface area contributed by atoms with Gasteiger partial charge in [-0.15, -0.1) is 0 Å². The molecular formula is C74H141NO5. The molecule has 0 saturated carbocycles. The van der Waals surface area contributed by atoms with Gasteiger partial charge in [0, 0.05) is 12.8 Å². The summed E-state index contributed by atoms with van der Waals surface area (Å²) in [6.45, 7) is 4.93. The second-order valence-electron chi connectivity index (χ2n) is 24.9. The van der Waals surface area contributed by atoms with E-state index in [2.05, 4.69) is 43.5 Å². The third-order valence-electron chi connectivity index (χ3n) is 16.9. The number of hydrogen-bond donors (Lipinski definition) is 3. The molecule has 2 unspecified atom stereocenters. The number of esters is 1. The number of amides is 1. The highest BCUT2D eigenvalue weighted by atomic mass is 16.5. The summed E-state index contributed by atoms with van der Waals surface area (Å²) >= 11 is 0. The fourth-order valence-corrected chi connectivity index (χ4v) is 11.4. The first-order valence-corrected chi connectivity index (χ1v) is 36.3. The van der Waals surface area contributed by atoms with Gasteiger partial charge in [0.25, 0.3) is 0 Å². The lowest BCUT2D eigenvalue weighted by Gasteiger charge is -2.20. The molecule has 472 valence electrons. The predicted molar refractivity (Wildman–Crippen MR) is 352 cm³/mol. The van der Waals surface area contributed by atoms with Crippen molar-refractivity contribution in [2.24, 2.45) is 0 Å². The van der Waals surface area contributed by atoms with Crippen molar-refractivity contribution in [3.8, 4) is 0 Å². The fourth-order valence-electron chi connectivity index (χ4n) is 11.4. The van der Waals surface area contributed by atoms with Gasteiger partial charge in [-0.2, -0.15) is 0 Å². The van der Waals surface area contributed by atoms with Gasteiger partial charge in [0.15, 0.2) is 0 Å². The number of carbonyl (C=O) groups is 2. The predicted octanol–water partition coefficient (Wildman–Crippen LogP) is 23.5. The molecule has 0 spiro atoms. The van der Waals surface area contributed by atoms with Gasteiger partial charge in [0.1, 0.15) is 0 Å². The molecule has 0 aliphatic rings. The number of allylic oxidation sites excluding steroid dienone is 5. The van der Waals surface area contributed by atoms with Gasteiger partial charge < -0.3 is 20.3 Å². The maximum Gasteiger partial charge on any atom is 0.305 e. The molecule has 0 aromatic rings. The largest absolute Gasteiger partial charge is 0.466 e. The van der Waals surface area contributed by atoms with E-state index >= 15 is 0 Å². The van der Waals surface area contributed by atoms with E-state index in [4.69, 9.17) is 4.74 Å². The zero-order valence-electron chi connectivity index (χ0n) is 54.1. The Morgan fingerprint density at radius 3 is 0.950 bits per heavy atom. The van der Waals surface area contributed by atoms with Crippen LogP contribution in [0.15, 0.2) is 36.5 Å². The summed E-state index contributed by atoms with van der Waals surface area (Å²) in [5, 5.41) is 23.1. The van der Waals surface area contributed by atoms with Crippen LogP contribution in [0.5, 0.6) is 0 Å². The van der Waals surface area contributed by atoms with E-state index in [-0.39, 0.29) is 18.5 Å². The van der Waals surface area contributed by atoms with Crippen molar-refractivity contribution in [3.05, 3.63) is 36.5 Å². The maximum atomic E-state index is 12.5. The van der Waals surface area contributed by atoms with Gasteiger partial charge in [-0.3, -0.25) is 9.59 Å². The molecule has 1 amide bonds. The lowest BCUT2D eigenvalue weighted by atomic mass is 10.0. The van der Waals surface area contributed by atoms with Gasteiger partial charge in [0.2, 0.25) is 5.91 Å². The lowest BCUT2D eigenvalue weighted by Crippen LogP contribution is -2.45. The summed E-state index contributed by atoms with van der Waals surface area (Å²) in [7, 11) is 0. The van der Waals surface area contributed by atoms with Crippen molar-refractivity contribution in [3.63, 3.8) is 0 Å². The summed E-state index contributed by atoms with van der Waals surface area (Å²) in [6, 6.07) is -0.626. The van der Waals surface area contributed by atoms with Gasteiger partial charge in [-0.25, -0.2) is 0 Å².